The van der Waals surface area contributed by atoms with Crippen LogP contribution in [-0.2, 0) is 9.47 Å². The fourth-order valence-corrected chi connectivity index (χ4v) is 3.54. The molecule has 1 aromatic carbocycles. The third kappa shape index (κ3) is 5.48. The van der Waals surface area contributed by atoms with Crippen LogP contribution in [0.5, 0.6) is 0 Å². The molecule has 0 radical (unpaired) electrons. The first kappa shape index (κ1) is 22.5. The van der Waals surface area contributed by atoms with Gasteiger partial charge >= 0.3 is 12.1 Å². The molecule has 1 aliphatic rings. The molecule has 3 rings (SSSR count). The van der Waals surface area contributed by atoms with Crippen molar-refractivity contribution in [1.29, 1.82) is 0 Å². The summed E-state index contributed by atoms with van der Waals surface area (Å²) in [6, 6.07) is 4.50. The summed E-state index contributed by atoms with van der Waals surface area (Å²) in [7, 11) is 1.28. The number of halogens is 1. The Morgan fingerprint density at radius 2 is 1.87 bits per heavy atom. The summed E-state index contributed by atoms with van der Waals surface area (Å²) in [5.74, 6) is -0.831. The number of aryl methyl sites for hydroxylation is 1. The van der Waals surface area contributed by atoms with Crippen LogP contribution in [0.1, 0.15) is 48.2 Å². The lowest BCUT2D eigenvalue weighted by molar-refractivity contribution is 0.0503. The van der Waals surface area contributed by atoms with Crippen molar-refractivity contribution in [1.82, 2.24) is 15.3 Å². The Kier molecular flexibility index (Phi) is 6.42. The smallest absolute Gasteiger partial charge is 0.407 e. The number of aromatic nitrogens is 2. The van der Waals surface area contributed by atoms with Crippen molar-refractivity contribution < 1.29 is 23.5 Å². The number of hydrogen-bond acceptors (Lipinski definition) is 7. The molecule has 166 valence electrons. The Labute approximate surface area is 180 Å². The number of hydrogen-bond donors (Lipinski definition) is 1. The number of methoxy groups -OCH3 is 1. The number of alkyl carbamates (subject to hydrolysis) is 1. The zero-order valence-corrected chi connectivity index (χ0v) is 18.3. The predicted molar refractivity (Wildman–Crippen MR) is 113 cm³/mol. The fraction of sp³-hybridized carbons (Fsp3) is 0.455. The van der Waals surface area contributed by atoms with E-state index in [2.05, 4.69) is 20.0 Å². The zero-order valence-electron chi connectivity index (χ0n) is 18.3. The Hall–Kier alpha value is -3.23. The van der Waals surface area contributed by atoms with Crippen LogP contribution in [0.4, 0.5) is 15.1 Å². The van der Waals surface area contributed by atoms with Gasteiger partial charge in [-0.2, -0.15) is 0 Å². The van der Waals surface area contributed by atoms with E-state index in [0.717, 1.165) is 5.56 Å². The molecule has 0 saturated carbocycles. The summed E-state index contributed by atoms with van der Waals surface area (Å²) in [5.41, 5.74) is 1.01. The molecular weight excluding hydrogens is 403 g/mol. The van der Waals surface area contributed by atoms with Gasteiger partial charge in [-0.1, -0.05) is 17.7 Å². The highest BCUT2D eigenvalue weighted by Crippen LogP contribution is 2.32. The maximum absolute atomic E-state index is 14.7. The van der Waals surface area contributed by atoms with Crippen LogP contribution in [0.3, 0.4) is 0 Å². The first-order valence-electron chi connectivity index (χ1n) is 9.98. The highest BCUT2D eigenvalue weighted by Gasteiger charge is 2.38. The molecule has 31 heavy (non-hydrogen) atoms. The molecular formula is C22H27FN4O4. The molecule has 2 atom stereocenters. The molecule has 0 aliphatic carbocycles. The van der Waals surface area contributed by atoms with Crippen molar-refractivity contribution in [2.45, 2.75) is 45.3 Å². The van der Waals surface area contributed by atoms with E-state index in [-0.39, 0.29) is 17.3 Å². The summed E-state index contributed by atoms with van der Waals surface area (Å²) in [5, 5.41) is 2.87. The lowest BCUT2D eigenvalue weighted by Gasteiger charge is -2.24. The summed E-state index contributed by atoms with van der Waals surface area (Å²) >= 11 is 0. The number of nitrogens with zero attached hydrogens (tertiary/aromatic N) is 3. The van der Waals surface area contributed by atoms with Crippen molar-refractivity contribution in [3.8, 4) is 0 Å². The number of rotatable bonds is 4. The van der Waals surface area contributed by atoms with Crippen molar-refractivity contribution in [3.05, 3.63) is 53.1 Å². The van der Waals surface area contributed by atoms with Gasteiger partial charge in [-0.15, -0.1) is 0 Å². The number of ether oxygens (including phenoxy) is 2. The van der Waals surface area contributed by atoms with Crippen LogP contribution in [0.25, 0.3) is 0 Å². The number of benzene rings is 1. The summed E-state index contributed by atoms with van der Waals surface area (Å²) < 4.78 is 24.7. The Morgan fingerprint density at radius 1 is 1.19 bits per heavy atom. The predicted octanol–water partition coefficient (Wildman–Crippen LogP) is 3.21. The Bertz CT molecular complexity index is 959. The van der Waals surface area contributed by atoms with Crippen LogP contribution in [0, 0.1) is 12.7 Å². The minimum absolute atomic E-state index is 0.232. The maximum atomic E-state index is 14.7. The average Bonchev–Trinajstić information content (AvgIpc) is 3.11. The van der Waals surface area contributed by atoms with Gasteiger partial charge in [0, 0.05) is 31.4 Å². The van der Waals surface area contributed by atoms with Gasteiger partial charge in [0.15, 0.2) is 0 Å². The van der Waals surface area contributed by atoms with Crippen LogP contribution >= 0.6 is 0 Å². The lowest BCUT2D eigenvalue weighted by Crippen LogP contribution is -2.43. The van der Waals surface area contributed by atoms with Gasteiger partial charge in [-0.25, -0.2) is 23.9 Å². The van der Waals surface area contributed by atoms with Crippen molar-refractivity contribution in [2.24, 2.45) is 0 Å². The van der Waals surface area contributed by atoms with Crippen LogP contribution in [0.2, 0.25) is 0 Å². The molecule has 1 fully saturated rings. The number of amides is 1. The molecule has 1 aromatic heterocycles. The van der Waals surface area contributed by atoms with E-state index in [1.165, 1.54) is 25.6 Å². The third-order valence-corrected chi connectivity index (χ3v) is 4.92. The SMILES string of the molecule is COC(=O)c1cnc(N2CC(NC(=O)OC(C)(C)C)C(c3cc(C)ccc3F)C2)nc1. The van der Waals surface area contributed by atoms with E-state index in [9.17, 15) is 14.0 Å². The minimum Gasteiger partial charge on any atom is -0.465 e. The summed E-state index contributed by atoms with van der Waals surface area (Å²) in [6.45, 7) is 7.97. The number of nitrogens with one attached hydrogen (secondary N) is 1. The van der Waals surface area contributed by atoms with Crippen molar-refractivity contribution in [2.75, 3.05) is 25.1 Å². The summed E-state index contributed by atoms with van der Waals surface area (Å²) in [4.78, 5) is 34.4. The normalized spacial score (nSPS) is 18.6. The molecule has 0 bridgehead atoms. The largest absolute Gasteiger partial charge is 0.465 e. The molecule has 1 saturated heterocycles. The third-order valence-electron chi connectivity index (χ3n) is 4.92. The van der Waals surface area contributed by atoms with E-state index >= 15 is 0 Å². The molecule has 2 aromatic rings. The van der Waals surface area contributed by atoms with E-state index in [1.807, 2.05) is 11.8 Å². The van der Waals surface area contributed by atoms with Gasteiger partial charge in [0.1, 0.15) is 11.4 Å². The fourth-order valence-electron chi connectivity index (χ4n) is 3.54. The molecule has 0 spiro atoms. The Balaban J connectivity index is 1.86. The molecule has 1 aliphatic heterocycles. The van der Waals surface area contributed by atoms with Crippen LogP contribution in [0.15, 0.2) is 30.6 Å². The quantitative estimate of drug-likeness (QED) is 0.745. The van der Waals surface area contributed by atoms with Crippen LogP contribution in [-0.4, -0.2) is 53.9 Å². The minimum atomic E-state index is -0.653. The molecule has 8 nitrogen and oxygen atoms in total. The number of carbonyl (C=O) groups excluding carboxylic acids is 2. The van der Waals surface area contributed by atoms with E-state index in [0.29, 0.717) is 24.6 Å². The van der Waals surface area contributed by atoms with E-state index < -0.39 is 23.7 Å². The van der Waals surface area contributed by atoms with E-state index in [4.69, 9.17) is 4.74 Å². The van der Waals surface area contributed by atoms with Gasteiger partial charge in [0.25, 0.3) is 0 Å². The van der Waals surface area contributed by atoms with Crippen molar-refractivity contribution >= 4 is 18.0 Å². The first-order valence-corrected chi connectivity index (χ1v) is 9.98. The van der Waals surface area contributed by atoms with Gasteiger partial charge in [-0.3, -0.25) is 0 Å². The van der Waals surface area contributed by atoms with Gasteiger partial charge in [0.2, 0.25) is 5.95 Å². The first-order chi connectivity index (χ1) is 14.6. The average molecular weight is 430 g/mol. The maximum Gasteiger partial charge on any atom is 0.407 e. The second-order valence-corrected chi connectivity index (χ2v) is 8.55. The van der Waals surface area contributed by atoms with E-state index in [1.54, 1.807) is 32.9 Å². The molecule has 2 heterocycles. The Morgan fingerprint density at radius 3 is 2.48 bits per heavy atom. The topological polar surface area (TPSA) is 93.7 Å². The zero-order chi connectivity index (χ0) is 22.8. The van der Waals surface area contributed by atoms with Crippen molar-refractivity contribution in [3.63, 3.8) is 0 Å². The lowest BCUT2D eigenvalue weighted by atomic mass is 9.92. The summed E-state index contributed by atoms with van der Waals surface area (Å²) in [6.07, 6.45) is 2.19. The second kappa shape index (κ2) is 8.87. The molecule has 1 N–H and O–H groups in total. The highest BCUT2D eigenvalue weighted by molar-refractivity contribution is 5.88. The molecule has 9 heteroatoms. The standard InChI is InChI=1S/C22H27FN4O4/c1-13-6-7-17(23)15(8-13)16-11-27(12-18(16)26-21(29)31-22(2,3)4)20-24-9-14(10-25-20)19(28)30-5/h6-10,16,18H,11-12H2,1-5H3,(H,26,29). The highest BCUT2D eigenvalue weighted by atomic mass is 19.1. The number of carbonyl (C=O) groups is 2. The van der Waals surface area contributed by atoms with Gasteiger partial charge in [-0.05, 0) is 39.3 Å². The second-order valence-electron chi connectivity index (χ2n) is 8.55. The van der Waals surface area contributed by atoms with Crippen LogP contribution < -0.4 is 10.2 Å². The number of anilines is 1. The van der Waals surface area contributed by atoms with Gasteiger partial charge in [0.05, 0.1) is 18.7 Å². The number of esters is 1. The monoisotopic (exact) mass is 430 g/mol. The molecule has 2 unspecified atom stereocenters. The molecule has 1 amide bonds. The van der Waals surface area contributed by atoms with Gasteiger partial charge < -0.3 is 19.7 Å².